The SMILES string of the molecule is COC(=O)CCN(C)c1cccc(C)c1[N+](=O)[O-]. The smallest absolute Gasteiger partial charge is 0.307 e. The first-order valence-corrected chi connectivity index (χ1v) is 5.49. The Morgan fingerprint density at radius 1 is 1.50 bits per heavy atom. The summed E-state index contributed by atoms with van der Waals surface area (Å²) in [5, 5.41) is 11.0. The fourth-order valence-corrected chi connectivity index (χ4v) is 1.67. The van der Waals surface area contributed by atoms with Gasteiger partial charge in [-0.25, -0.2) is 0 Å². The van der Waals surface area contributed by atoms with Gasteiger partial charge in [0.2, 0.25) is 0 Å². The first-order chi connectivity index (χ1) is 8.47. The zero-order valence-electron chi connectivity index (χ0n) is 10.7. The number of esters is 1. The van der Waals surface area contributed by atoms with Gasteiger partial charge in [-0.15, -0.1) is 0 Å². The monoisotopic (exact) mass is 252 g/mol. The van der Waals surface area contributed by atoms with Gasteiger partial charge in [0, 0.05) is 19.2 Å². The van der Waals surface area contributed by atoms with E-state index in [0.717, 1.165) is 0 Å². The Morgan fingerprint density at radius 3 is 2.72 bits per heavy atom. The number of hydrogen-bond donors (Lipinski definition) is 0. The van der Waals surface area contributed by atoms with Crippen molar-refractivity contribution in [1.29, 1.82) is 0 Å². The number of aryl methyl sites for hydroxylation is 1. The number of carbonyl (C=O) groups excluding carboxylic acids is 1. The molecule has 0 aliphatic carbocycles. The van der Waals surface area contributed by atoms with Gasteiger partial charge < -0.3 is 9.64 Å². The van der Waals surface area contributed by atoms with Crippen molar-refractivity contribution in [2.24, 2.45) is 0 Å². The van der Waals surface area contributed by atoms with E-state index < -0.39 is 4.92 Å². The maximum absolute atomic E-state index is 11.1. The molecule has 0 bridgehead atoms. The van der Waals surface area contributed by atoms with Crippen LogP contribution in [0.2, 0.25) is 0 Å². The summed E-state index contributed by atoms with van der Waals surface area (Å²) in [5.74, 6) is -0.336. The fourth-order valence-electron chi connectivity index (χ4n) is 1.67. The second kappa shape index (κ2) is 6.00. The first kappa shape index (κ1) is 14.0. The van der Waals surface area contributed by atoms with E-state index in [9.17, 15) is 14.9 Å². The summed E-state index contributed by atoms with van der Waals surface area (Å²) in [6.45, 7) is 2.06. The second-order valence-corrected chi connectivity index (χ2v) is 3.95. The van der Waals surface area contributed by atoms with Crippen LogP contribution in [0, 0.1) is 17.0 Å². The molecule has 0 fully saturated rings. The quantitative estimate of drug-likeness (QED) is 0.454. The number of nitro groups is 1. The van der Waals surface area contributed by atoms with E-state index in [-0.39, 0.29) is 18.1 Å². The molecule has 0 saturated carbocycles. The van der Waals surface area contributed by atoms with Gasteiger partial charge in [-0.1, -0.05) is 12.1 Å². The van der Waals surface area contributed by atoms with E-state index in [1.54, 1.807) is 37.1 Å². The minimum Gasteiger partial charge on any atom is -0.469 e. The number of rotatable bonds is 5. The van der Waals surface area contributed by atoms with Crippen LogP contribution in [-0.2, 0) is 9.53 Å². The maximum Gasteiger partial charge on any atom is 0.307 e. The predicted molar refractivity (Wildman–Crippen MR) is 67.7 cm³/mol. The van der Waals surface area contributed by atoms with Gasteiger partial charge in [-0.3, -0.25) is 14.9 Å². The van der Waals surface area contributed by atoms with Crippen molar-refractivity contribution in [3.05, 3.63) is 33.9 Å². The van der Waals surface area contributed by atoms with Gasteiger partial charge in [0.1, 0.15) is 5.69 Å². The Morgan fingerprint density at radius 2 is 2.17 bits per heavy atom. The van der Waals surface area contributed by atoms with Crippen molar-refractivity contribution >= 4 is 17.3 Å². The van der Waals surface area contributed by atoms with Crippen molar-refractivity contribution in [2.45, 2.75) is 13.3 Å². The summed E-state index contributed by atoms with van der Waals surface area (Å²) in [4.78, 5) is 23.4. The number of ether oxygens (including phenoxy) is 1. The molecule has 6 nitrogen and oxygen atoms in total. The fraction of sp³-hybridized carbons (Fsp3) is 0.417. The number of benzene rings is 1. The lowest BCUT2D eigenvalue weighted by Crippen LogP contribution is -2.22. The highest BCUT2D eigenvalue weighted by molar-refractivity contribution is 5.71. The minimum atomic E-state index is -0.403. The van der Waals surface area contributed by atoms with Crippen LogP contribution >= 0.6 is 0 Å². The van der Waals surface area contributed by atoms with Crippen molar-refractivity contribution < 1.29 is 14.5 Å². The molecule has 0 saturated heterocycles. The topological polar surface area (TPSA) is 72.7 Å². The normalized spacial score (nSPS) is 9.94. The van der Waals surface area contributed by atoms with E-state index >= 15 is 0 Å². The van der Waals surface area contributed by atoms with Crippen molar-refractivity contribution in [1.82, 2.24) is 0 Å². The second-order valence-electron chi connectivity index (χ2n) is 3.95. The van der Waals surface area contributed by atoms with Crippen LogP contribution in [0.4, 0.5) is 11.4 Å². The summed E-state index contributed by atoms with van der Waals surface area (Å²) in [6, 6.07) is 5.12. The molecule has 0 amide bonds. The number of para-hydroxylation sites is 1. The summed E-state index contributed by atoms with van der Waals surface area (Å²) >= 11 is 0. The molecule has 0 unspecified atom stereocenters. The Balaban J connectivity index is 2.92. The van der Waals surface area contributed by atoms with Crippen molar-refractivity contribution in [3.8, 4) is 0 Å². The molecule has 0 spiro atoms. The lowest BCUT2D eigenvalue weighted by molar-refractivity contribution is -0.384. The van der Waals surface area contributed by atoms with E-state index in [2.05, 4.69) is 4.74 Å². The highest BCUT2D eigenvalue weighted by Gasteiger charge is 2.19. The Bertz CT molecular complexity index is 459. The summed E-state index contributed by atoms with van der Waals surface area (Å²) in [7, 11) is 3.03. The molecule has 0 aliphatic heterocycles. The molecule has 1 rings (SSSR count). The van der Waals surface area contributed by atoms with Crippen LogP contribution in [0.1, 0.15) is 12.0 Å². The molecule has 0 aromatic heterocycles. The summed E-state index contributed by atoms with van der Waals surface area (Å²) in [6.07, 6.45) is 0.193. The lowest BCUT2D eigenvalue weighted by Gasteiger charge is -2.19. The van der Waals surface area contributed by atoms with Crippen LogP contribution in [0.5, 0.6) is 0 Å². The molecule has 1 aromatic carbocycles. The van der Waals surface area contributed by atoms with E-state index in [1.807, 2.05) is 0 Å². The third-order valence-electron chi connectivity index (χ3n) is 2.69. The molecular formula is C12H16N2O4. The molecule has 18 heavy (non-hydrogen) atoms. The highest BCUT2D eigenvalue weighted by atomic mass is 16.6. The Hall–Kier alpha value is -2.11. The van der Waals surface area contributed by atoms with Gasteiger partial charge in [-0.2, -0.15) is 0 Å². The Labute approximate surface area is 105 Å². The molecule has 6 heteroatoms. The molecule has 1 aromatic rings. The Kier molecular flexibility index (Phi) is 4.65. The van der Waals surface area contributed by atoms with Crippen LogP contribution in [-0.4, -0.2) is 31.6 Å². The van der Waals surface area contributed by atoms with Crippen LogP contribution in [0.3, 0.4) is 0 Å². The van der Waals surface area contributed by atoms with E-state index in [1.165, 1.54) is 7.11 Å². The van der Waals surface area contributed by atoms with Crippen LogP contribution in [0.15, 0.2) is 18.2 Å². The van der Waals surface area contributed by atoms with E-state index in [0.29, 0.717) is 17.8 Å². The van der Waals surface area contributed by atoms with Gasteiger partial charge in [-0.05, 0) is 13.0 Å². The lowest BCUT2D eigenvalue weighted by atomic mass is 10.1. The first-order valence-electron chi connectivity index (χ1n) is 5.49. The predicted octanol–water partition coefficient (Wildman–Crippen LogP) is 1.90. The zero-order valence-corrected chi connectivity index (χ0v) is 10.7. The molecule has 0 atom stereocenters. The summed E-state index contributed by atoms with van der Waals surface area (Å²) in [5.41, 5.74) is 1.18. The van der Waals surface area contributed by atoms with Crippen molar-refractivity contribution in [2.75, 3.05) is 25.6 Å². The molecule has 0 aliphatic rings. The van der Waals surface area contributed by atoms with E-state index in [4.69, 9.17) is 0 Å². The summed E-state index contributed by atoms with van der Waals surface area (Å²) < 4.78 is 4.54. The molecule has 0 radical (unpaired) electrons. The van der Waals surface area contributed by atoms with Crippen LogP contribution in [0.25, 0.3) is 0 Å². The third kappa shape index (κ3) is 3.19. The minimum absolute atomic E-state index is 0.0739. The third-order valence-corrected chi connectivity index (χ3v) is 2.69. The molecule has 98 valence electrons. The van der Waals surface area contributed by atoms with Gasteiger partial charge in [0.15, 0.2) is 0 Å². The number of carbonyl (C=O) groups is 1. The number of nitro benzene ring substituents is 1. The number of nitrogens with zero attached hydrogens (tertiary/aromatic N) is 2. The van der Waals surface area contributed by atoms with Gasteiger partial charge in [0.05, 0.1) is 18.5 Å². The molecule has 0 N–H and O–H groups in total. The number of anilines is 1. The maximum atomic E-state index is 11.1. The number of hydrogen-bond acceptors (Lipinski definition) is 5. The molecular weight excluding hydrogens is 236 g/mol. The average molecular weight is 252 g/mol. The highest BCUT2D eigenvalue weighted by Crippen LogP contribution is 2.30. The van der Waals surface area contributed by atoms with Gasteiger partial charge in [0.25, 0.3) is 5.69 Å². The van der Waals surface area contributed by atoms with Crippen molar-refractivity contribution in [3.63, 3.8) is 0 Å². The van der Waals surface area contributed by atoms with Crippen LogP contribution < -0.4 is 4.90 Å². The number of methoxy groups -OCH3 is 1. The standard InChI is InChI=1S/C12H16N2O4/c1-9-5-4-6-10(12(9)14(16)17)13(2)8-7-11(15)18-3/h4-6H,7-8H2,1-3H3. The molecule has 0 heterocycles. The largest absolute Gasteiger partial charge is 0.469 e. The van der Waals surface area contributed by atoms with Gasteiger partial charge >= 0.3 is 5.97 Å². The zero-order chi connectivity index (χ0) is 13.7. The average Bonchev–Trinajstić information content (AvgIpc) is 2.34.